The number of aromatic nitrogens is 2. The van der Waals surface area contributed by atoms with Crippen LogP contribution in [0.1, 0.15) is 98.4 Å². The predicted molar refractivity (Wildman–Crippen MR) is 205 cm³/mol. The van der Waals surface area contributed by atoms with Gasteiger partial charge in [-0.15, -0.1) is 0 Å². The summed E-state index contributed by atoms with van der Waals surface area (Å²) in [6.07, 6.45) is 10.2. The molecule has 4 fully saturated rings. The lowest BCUT2D eigenvalue weighted by Gasteiger charge is -2.36. The van der Waals surface area contributed by atoms with Crippen molar-refractivity contribution >= 4 is 57.3 Å². The molecule has 4 heterocycles. The third kappa shape index (κ3) is 6.58. The fourth-order valence-corrected chi connectivity index (χ4v) is 9.41. The van der Waals surface area contributed by atoms with Crippen LogP contribution in [0.5, 0.6) is 0 Å². The van der Waals surface area contributed by atoms with E-state index in [0.717, 1.165) is 56.3 Å². The molecule has 2 aliphatic carbocycles. The number of imide groups is 1. The standard InChI is InChI=1S/C38H44N8O7S/c1-36(2,3)54(53)43-17-8-25-24-39-35(40-32(25)43)44(33(47)28-6-4-26(45(49)50)22-30(28)41-18-13-37(9-10-37)14-19-41)34(48)29-7-5-27(46(51)52)23-31(29)42-20-15-38(11-12-38)16-21-42/h4-7,22-24H,8-21H2,1-3H3. The molecule has 2 amide bonds. The van der Waals surface area contributed by atoms with Gasteiger partial charge >= 0.3 is 0 Å². The summed E-state index contributed by atoms with van der Waals surface area (Å²) in [6.45, 7) is 8.36. The zero-order valence-corrected chi connectivity index (χ0v) is 31.6. The minimum Gasteiger partial charge on any atom is -0.371 e. The molecule has 3 aliphatic heterocycles. The molecule has 1 unspecified atom stereocenters. The molecule has 2 saturated heterocycles. The summed E-state index contributed by atoms with van der Waals surface area (Å²) >= 11 is 0. The van der Waals surface area contributed by atoms with Crippen LogP contribution in [0, 0.1) is 31.1 Å². The van der Waals surface area contributed by atoms with E-state index in [0.29, 0.717) is 72.7 Å². The summed E-state index contributed by atoms with van der Waals surface area (Å²) in [5.74, 6) is -1.49. The highest BCUT2D eigenvalue weighted by atomic mass is 32.2. The lowest BCUT2D eigenvalue weighted by Crippen LogP contribution is -2.42. The molecular formula is C38H44N8O7S. The van der Waals surface area contributed by atoms with Gasteiger partial charge in [-0.25, -0.2) is 14.1 Å². The number of nitrogens with zero attached hydrogens (tertiary/aromatic N) is 8. The quantitative estimate of drug-likeness (QED) is 0.142. The number of piperidine rings is 2. The Kier molecular flexibility index (Phi) is 8.73. The number of carbonyl (C=O) groups is 2. The van der Waals surface area contributed by atoms with Gasteiger partial charge in [0, 0.05) is 68.7 Å². The van der Waals surface area contributed by atoms with Crippen LogP contribution >= 0.6 is 0 Å². The maximum Gasteiger partial charge on any atom is 0.271 e. The number of anilines is 4. The number of hydrogen-bond acceptors (Lipinski definition) is 11. The smallest absolute Gasteiger partial charge is 0.271 e. The Morgan fingerprint density at radius 2 is 1.22 bits per heavy atom. The fraction of sp³-hybridized carbons (Fsp3) is 0.526. The van der Waals surface area contributed by atoms with E-state index in [-0.39, 0.29) is 28.5 Å². The highest BCUT2D eigenvalue weighted by Crippen LogP contribution is 2.55. The number of nitro benzene ring substituents is 2. The summed E-state index contributed by atoms with van der Waals surface area (Å²) in [6, 6.07) is 8.03. The third-order valence-electron chi connectivity index (χ3n) is 12.1. The molecule has 3 aromatic rings. The summed E-state index contributed by atoms with van der Waals surface area (Å²) in [5.41, 5.74) is 1.75. The van der Waals surface area contributed by atoms with Crippen molar-refractivity contribution in [3.05, 3.63) is 79.5 Å². The zero-order chi connectivity index (χ0) is 38.2. The minimum atomic E-state index is -1.51. The second kappa shape index (κ2) is 13.1. The number of fused-ring (bicyclic) bond motifs is 1. The molecule has 2 spiro atoms. The van der Waals surface area contributed by atoms with Crippen LogP contribution in [-0.2, 0) is 17.4 Å². The van der Waals surface area contributed by atoms with Crippen molar-refractivity contribution in [2.75, 3.05) is 51.7 Å². The molecule has 0 radical (unpaired) electrons. The van der Waals surface area contributed by atoms with Crippen molar-refractivity contribution in [2.24, 2.45) is 10.8 Å². The summed E-state index contributed by atoms with van der Waals surface area (Å²) in [7, 11) is -1.51. The Hall–Kier alpha value is -4.99. The highest BCUT2D eigenvalue weighted by Gasteiger charge is 2.47. The van der Waals surface area contributed by atoms with Gasteiger partial charge < -0.3 is 9.80 Å². The molecule has 54 heavy (non-hydrogen) atoms. The van der Waals surface area contributed by atoms with E-state index in [1.165, 1.54) is 42.6 Å². The molecule has 1 aromatic heterocycles. The number of amides is 2. The van der Waals surface area contributed by atoms with E-state index in [4.69, 9.17) is 4.98 Å². The average molecular weight is 757 g/mol. The van der Waals surface area contributed by atoms with Crippen molar-refractivity contribution in [1.82, 2.24) is 9.97 Å². The van der Waals surface area contributed by atoms with E-state index < -0.39 is 37.4 Å². The summed E-state index contributed by atoms with van der Waals surface area (Å²) in [4.78, 5) is 67.3. The van der Waals surface area contributed by atoms with Gasteiger partial charge in [0.2, 0.25) is 5.95 Å². The van der Waals surface area contributed by atoms with Crippen molar-refractivity contribution in [1.29, 1.82) is 0 Å². The third-order valence-corrected chi connectivity index (χ3v) is 13.9. The molecule has 2 aromatic carbocycles. The Morgan fingerprint density at radius 3 is 1.63 bits per heavy atom. The first-order valence-electron chi connectivity index (χ1n) is 18.7. The van der Waals surface area contributed by atoms with Crippen molar-refractivity contribution in [3.8, 4) is 0 Å². The van der Waals surface area contributed by atoms with E-state index in [1.807, 2.05) is 30.6 Å². The molecule has 5 aliphatic rings. The average Bonchev–Trinajstić information content (AvgIpc) is 4.06. The molecule has 0 bridgehead atoms. The Morgan fingerprint density at radius 1 is 0.759 bits per heavy atom. The fourth-order valence-electron chi connectivity index (χ4n) is 8.17. The molecule has 16 heteroatoms. The number of carbonyl (C=O) groups excluding carboxylic acids is 2. The van der Waals surface area contributed by atoms with Gasteiger partial charge in [0.1, 0.15) is 16.8 Å². The monoisotopic (exact) mass is 756 g/mol. The first-order chi connectivity index (χ1) is 25.7. The first-order valence-corrected chi connectivity index (χ1v) is 19.8. The van der Waals surface area contributed by atoms with Crippen LogP contribution in [-0.4, -0.2) is 73.3 Å². The van der Waals surface area contributed by atoms with Crippen LogP contribution in [0.4, 0.5) is 34.5 Å². The number of benzene rings is 2. The Balaban J connectivity index is 1.25. The van der Waals surface area contributed by atoms with Gasteiger partial charge in [0.25, 0.3) is 23.2 Å². The van der Waals surface area contributed by atoms with E-state index >= 15 is 9.59 Å². The van der Waals surface area contributed by atoms with Gasteiger partial charge in [0.15, 0.2) is 0 Å². The zero-order valence-electron chi connectivity index (χ0n) is 30.8. The van der Waals surface area contributed by atoms with Crippen LogP contribution in [0.3, 0.4) is 0 Å². The largest absolute Gasteiger partial charge is 0.371 e. The normalized spacial score (nSPS) is 20.1. The molecular weight excluding hydrogens is 713 g/mol. The maximum absolute atomic E-state index is 15.1. The van der Waals surface area contributed by atoms with Crippen LogP contribution in [0.15, 0.2) is 42.6 Å². The topological polar surface area (TPSA) is 176 Å². The molecule has 0 N–H and O–H groups in total. The molecule has 15 nitrogen and oxygen atoms in total. The lowest BCUT2D eigenvalue weighted by molar-refractivity contribution is -0.385. The van der Waals surface area contributed by atoms with Gasteiger partial charge in [-0.3, -0.25) is 34.1 Å². The van der Waals surface area contributed by atoms with E-state index in [2.05, 4.69) is 4.98 Å². The first kappa shape index (κ1) is 36.0. The molecule has 8 rings (SSSR count). The van der Waals surface area contributed by atoms with Crippen molar-refractivity contribution in [2.45, 2.75) is 83.3 Å². The lowest BCUT2D eigenvalue weighted by atomic mass is 9.92. The van der Waals surface area contributed by atoms with Gasteiger partial charge in [0.05, 0.1) is 37.1 Å². The highest BCUT2D eigenvalue weighted by molar-refractivity contribution is 7.87. The number of nitro groups is 2. The van der Waals surface area contributed by atoms with Crippen molar-refractivity contribution < 1.29 is 23.6 Å². The second-order valence-corrected chi connectivity index (χ2v) is 18.7. The van der Waals surface area contributed by atoms with Gasteiger partial charge in [-0.2, -0.15) is 4.98 Å². The van der Waals surface area contributed by atoms with Gasteiger partial charge in [-0.05, 0) is 102 Å². The van der Waals surface area contributed by atoms with Crippen LogP contribution < -0.4 is 19.0 Å². The predicted octanol–water partition coefficient (Wildman–Crippen LogP) is 6.37. The minimum absolute atomic E-state index is 0.0667. The number of hydrogen-bond donors (Lipinski definition) is 0. The number of rotatable bonds is 8. The summed E-state index contributed by atoms with van der Waals surface area (Å²) in [5, 5.41) is 24.0. The molecule has 284 valence electrons. The Labute approximate surface area is 315 Å². The molecule has 1 atom stereocenters. The van der Waals surface area contributed by atoms with E-state index in [1.54, 1.807) is 4.31 Å². The van der Waals surface area contributed by atoms with Crippen molar-refractivity contribution in [3.63, 3.8) is 0 Å². The number of non-ortho nitro benzene ring substituents is 2. The van der Waals surface area contributed by atoms with E-state index in [9.17, 15) is 24.4 Å². The Bertz CT molecular complexity index is 1990. The molecule has 2 saturated carbocycles. The van der Waals surface area contributed by atoms with Crippen LogP contribution in [0.2, 0.25) is 0 Å². The second-order valence-electron chi connectivity index (χ2n) is 16.6. The van der Waals surface area contributed by atoms with Gasteiger partial charge in [-0.1, -0.05) is 0 Å². The van der Waals surface area contributed by atoms with Crippen LogP contribution in [0.25, 0.3) is 0 Å². The maximum atomic E-state index is 15.1. The SMILES string of the molecule is CC(C)(C)S(=O)N1CCc2cnc(N(C(=O)c3ccc([N+](=O)[O-])cc3N3CCC4(CC3)CC4)C(=O)c3ccc([N+](=O)[O-])cc3N3CCC4(CC3)CC4)nc21. The summed E-state index contributed by atoms with van der Waals surface area (Å²) < 4.78 is 14.7.